The smallest absolute Gasteiger partial charge is 0.333 e. The number of carboxylic acid groups (broad SMARTS) is 1. The fourth-order valence-corrected chi connectivity index (χ4v) is 0.979. The summed E-state index contributed by atoms with van der Waals surface area (Å²) >= 11 is 0. The number of unbranched alkanes of at least 4 members (excludes halogenated alkanes) is 2. The van der Waals surface area contributed by atoms with Gasteiger partial charge in [-0.15, -0.1) is 0 Å². The highest BCUT2D eigenvalue weighted by molar-refractivity contribution is 5.88. The third-order valence-electron chi connectivity index (χ3n) is 1.91. The van der Waals surface area contributed by atoms with Crippen LogP contribution in [0.4, 0.5) is 0 Å². The molecule has 1 N–H and O–H groups in total. The second-order valence-electron chi connectivity index (χ2n) is 3.34. The van der Waals surface area contributed by atoms with Crippen molar-refractivity contribution in [3.05, 3.63) is 12.2 Å². The average molecular weight is 214 g/mol. The maximum absolute atomic E-state index is 11.2. The van der Waals surface area contributed by atoms with Gasteiger partial charge in [-0.05, 0) is 12.8 Å². The molecule has 0 fully saturated rings. The highest BCUT2D eigenvalue weighted by Gasteiger charge is 2.09. The first kappa shape index (κ1) is 13.7. The van der Waals surface area contributed by atoms with Crippen LogP contribution in [0.15, 0.2) is 12.2 Å². The van der Waals surface area contributed by atoms with Gasteiger partial charge in [0.2, 0.25) is 0 Å². The zero-order chi connectivity index (χ0) is 11.7. The van der Waals surface area contributed by atoms with E-state index in [-0.39, 0.29) is 18.4 Å². The van der Waals surface area contributed by atoms with Crippen LogP contribution < -0.4 is 0 Å². The van der Waals surface area contributed by atoms with Crippen LogP contribution in [-0.4, -0.2) is 23.7 Å². The fourth-order valence-electron chi connectivity index (χ4n) is 0.979. The van der Waals surface area contributed by atoms with Crippen LogP contribution in [0.3, 0.4) is 0 Å². The normalized spacial score (nSPS) is 9.67. The molecule has 0 amide bonds. The summed E-state index contributed by atoms with van der Waals surface area (Å²) in [5.74, 6) is -1.41. The lowest BCUT2D eigenvalue weighted by atomic mass is 10.2. The molecule has 0 aromatic carbocycles. The molecule has 0 aliphatic rings. The van der Waals surface area contributed by atoms with Crippen molar-refractivity contribution in [2.75, 3.05) is 6.61 Å². The van der Waals surface area contributed by atoms with Gasteiger partial charge in [0.05, 0.1) is 6.61 Å². The number of carboxylic acids is 1. The molecule has 4 heteroatoms. The molecule has 0 rings (SSSR count). The molecule has 0 atom stereocenters. The second kappa shape index (κ2) is 8.03. The first-order valence-electron chi connectivity index (χ1n) is 5.14. The van der Waals surface area contributed by atoms with Crippen LogP contribution in [0.25, 0.3) is 0 Å². The third kappa shape index (κ3) is 7.73. The van der Waals surface area contributed by atoms with E-state index in [2.05, 4.69) is 13.5 Å². The third-order valence-corrected chi connectivity index (χ3v) is 1.91. The highest BCUT2D eigenvalue weighted by Crippen LogP contribution is 2.05. The molecular weight excluding hydrogens is 196 g/mol. The molecule has 0 unspecified atom stereocenters. The Kier molecular flexibility index (Phi) is 7.32. The number of ether oxygens (including phenoxy) is 1. The molecule has 0 spiro atoms. The SMILES string of the molecule is C=C(CCC(=O)O)C(=O)OCCCCC. The molecule has 0 bridgehead atoms. The Hall–Kier alpha value is -1.32. The van der Waals surface area contributed by atoms with Gasteiger partial charge in [-0.25, -0.2) is 4.79 Å². The van der Waals surface area contributed by atoms with Crippen LogP contribution in [0.1, 0.15) is 39.0 Å². The lowest BCUT2D eigenvalue weighted by Gasteiger charge is -2.05. The Morgan fingerprint density at radius 3 is 2.47 bits per heavy atom. The summed E-state index contributed by atoms with van der Waals surface area (Å²) in [6.07, 6.45) is 3.01. The topological polar surface area (TPSA) is 63.6 Å². The Labute approximate surface area is 89.9 Å². The van der Waals surface area contributed by atoms with Gasteiger partial charge < -0.3 is 9.84 Å². The van der Waals surface area contributed by atoms with Crippen molar-refractivity contribution < 1.29 is 19.4 Å². The maximum Gasteiger partial charge on any atom is 0.333 e. The van der Waals surface area contributed by atoms with Gasteiger partial charge in [0.15, 0.2) is 0 Å². The molecule has 0 aromatic rings. The van der Waals surface area contributed by atoms with Gasteiger partial charge in [0.25, 0.3) is 0 Å². The maximum atomic E-state index is 11.2. The van der Waals surface area contributed by atoms with Crippen molar-refractivity contribution in [2.45, 2.75) is 39.0 Å². The number of carbonyl (C=O) groups is 2. The molecule has 0 saturated carbocycles. The molecule has 4 nitrogen and oxygen atoms in total. The van der Waals surface area contributed by atoms with E-state index >= 15 is 0 Å². The van der Waals surface area contributed by atoms with E-state index in [1.54, 1.807) is 0 Å². The number of hydrogen-bond acceptors (Lipinski definition) is 3. The van der Waals surface area contributed by atoms with Gasteiger partial charge >= 0.3 is 11.9 Å². The van der Waals surface area contributed by atoms with Gasteiger partial charge in [0.1, 0.15) is 0 Å². The quantitative estimate of drug-likeness (QED) is 0.382. The number of carbonyl (C=O) groups excluding carboxylic acids is 1. The summed E-state index contributed by atoms with van der Waals surface area (Å²) < 4.78 is 4.91. The van der Waals surface area contributed by atoms with Crippen molar-refractivity contribution in [2.24, 2.45) is 0 Å². The van der Waals surface area contributed by atoms with Crippen molar-refractivity contribution in [3.8, 4) is 0 Å². The Balaban J connectivity index is 3.60. The molecule has 0 aromatic heterocycles. The number of esters is 1. The predicted molar refractivity (Wildman–Crippen MR) is 56.5 cm³/mol. The number of aliphatic carboxylic acids is 1. The monoisotopic (exact) mass is 214 g/mol. The Bertz CT molecular complexity index is 233. The van der Waals surface area contributed by atoms with Crippen molar-refractivity contribution in [1.29, 1.82) is 0 Å². The van der Waals surface area contributed by atoms with Gasteiger partial charge in [-0.2, -0.15) is 0 Å². The Morgan fingerprint density at radius 1 is 1.27 bits per heavy atom. The first-order chi connectivity index (χ1) is 7.07. The van der Waals surface area contributed by atoms with E-state index in [0.29, 0.717) is 6.61 Å². The first-order valence-corrected chi connectivity index (χ1v) is 5.14. The van der Waals surface area contributed by atoms with E-state index in [0.717, 1.165) is 19.3 Å². The molecule has 0 aliphatic heterocycles. The predicted octanol–water partition coefficient (Wildman–Crippen LogP) is 2.14. The van der Waals surface area contributed by atoms with Crippen LogP contribution >= 0.6 is 0 Å². The molecule has 0 heterocycles. The standard InChI is InChI=1S/C11H18O4/c1-3-4-5-8-15-11(14)9(2)6-7-10(12)13/h2-8H2,1H3,(H,12,13). The zero-order valence-corrected chi connectivity index (χ0v) is 9.12. The molecule has 15 heavy (non-hydrogen) atoms. The summed E-state index contributed by atoms with van der Waals surface area (Å²) in [5.41, 5.74) is 0.230. The minimum Gasteiger partial charge on any atom is -0.481 e. The molecule has 0 saturated heterocycles. The Morgan fingerprint density at radius 2 is 1.93 bits per heavy atom. The minimum atomic E-state index is -0.935. The largest absolute Gasteiger partial charge is 0.481 e. The summed E-state index contributed by atoms with van der Waals surface area (Å²) in [5, 5.41) is 8.40. The van der Waals surface area contributed by atoms with Gasteiger partial charge in [0, 0.05) is 12.0 Å². The van der Waals surface area contributed by atoms with E-state index in [1.807, 2.05) is 0 Å². The van der Waals surface area contributed by atoms with Crippen LogP contribution in [0.5, 0.6) is 0 Å². The molecule has 86 valence electrons. The second-order valence-corrected chi connectivity index (χ2v) is 3.34. The van der Waals surface area contributed by atoms with Crippen molar-refractivity contribution >= 4 is 11.9 Å². The van der Waals surface area contributed by atoms with Crippen molar-refractivity contribution in [3.63, 3.8) is 0 Å². The van der Waals surface area contributed by atoms with Gasteiger partial charge in [-0.3, -0.25) is 4.79 Å². The average Bonchev–Trinajstić information content (AvgIpc) is 2.20. The summed E-state index contributed by atoms with van der Waals surface area (Å²) in [6, 6.07) is 0. The van der Waals surface area contributed by atoms with Gasteiger partial charge in [-0.1, -0.05) is 26.3 Å². The molecule has 0 aliphatic carbocycles. The summed E-state index contributed by atoms with van der Waals surface area (Å²) in [6.45, 7) is 5.94. The van der Waals surface area contributed by atoms with Crippen LogP contribution in [0.2, 0.25) is 0 Å². The van der Waals surface area contributed by atoms with Crippen LogP contribution in [0, 0.1) is 0 Å². The van der Waals surface area contributed by atoms with E-state index < -0.39 is 11.9 Å². The van der Waals surface area contributed by atoms with E-state index in [9.17, 15) is 9.59 Å². The summed E-state index contributed by atoms with van der Waals surface area (Å²) in [7, 11) is 0. The molecular formula is C11H18O4. The number of rotatable bonds is 8. The highest BCUT2D eigenvalue weighted by atomic mass is 16.5. The fraction of sp³-hybridized carbons (Fsp3) is 0.636. The zero-order valence-electron chi connectivity index (χ0n) is 9.12. The van der Waals surface area contributed by atoms with Crippen molar-refractivity contribution in [1.82, 2.24) is 0 Å². The van der Waals surface area contributed by atoms with E-state index in [4.69, 9.17) is 9.84 Å². The lowest BCUT2D eigenvalue weighted by molar-refractivity contribution is -0.139. The van der Waals surface area contributed by atoms with E-state index in [1.165, 1.54) is 0 Å². The van der Waals surface area contributed by atoms with Crippen LogP contribution in [-0.2, 0) is 14.3 Å². The number of hydrogen-bond donors (Lipinski definition) is 1. The summed E-state index contributed by atoms with van der Waals surface area (Å²) in [4.78, 5) is 21.4. The molecule has 0 radical (unpaired) electrons. The minimum absolute atomic E-state index is 0.0805. The lowest BCUT2D eigenvalue weighted by Crippen LogP contribution is -2.09.